The first-order valence-electron chi connectivity index (χ1n) is 24.1. The van der Waals surface area contributed by atoms with Gasteiger partial charge in [-0.25, -0.2) is 0 Å². The van der Waals surface area contributed by atoms with E-state index >= 15 is 0 Å². The van der Waals surface area contributed by atoms with E-state index in [0.717, 1.165) is 93.1 Å². The van der Waals surface area contributed by atoms with Gasteiger partial charge in [-0.3, -0.25) is 28.9 Å². The first-order valence-corrected chi connectivity index (χ1v) is 24.1. The zero-order valence-corrected chi connectivity index (χ0v) is 37.4. The standard InChI is InChI=1S/C29H31NO7.C17H19NO4.C5H8O/c1-30-13-12-28-22-18-8-9-19(34-25(31)15-2-3-15)23(22)36-24(28)20(35-26(32)16-4-5-16)10-11-29(28,21(30)14-18)37-27(33)17-6-7-17;1-18-7-6-16-13-9-2-3-10(19)14(13)22-15(16)11(20)4-5-17(16,21)12(18)8-9;1-4(6)5-2-3-5/h8-10,15-17,21,24H,2-7,11-14H2,1H3;2-3,12,15,19,21H,4-8H2,1H3;5H,2-3H2,1H3/t21-,24+,28+,29-;12-,15+,16+,17-;/m11./s1. The highest BCUT2D eigenvalue weighted by Gasteiger charge is 2.76. The van der Waals surface area contributed by atoms with E-state index in [2.05, 4.69) is 16.8 Å². The maximum Gasteiger partial charge on any atom is 0.314 e. The molecule has 4 aliphatic heterocycles. The minimum absolute atomic E-state index is 0.00319. The van der Waals surface area contributed by atoms with Gasteiger partial charge in [-0.2, -0.15) is 0 Å². The highest BCUT2D eigenvalue weighted by molar-refractivity contribution is 5.90. The number of phenolic OH excluding ortho intramolecular Hbond substituents is 1. The van der Waals surface area contributed by atoms with E-state index in [1.165, 1.54) is 0 Å². The largest absolute Gasteiger partial charge is 0.504 e. The minimum atomic E-state index is -0.954. The zero-order chi connectivity index (χ0) is 44.9. The molecule has 2 aromatic rings. The number of carbonyl (C=O) groups is 5. The summed E-state index contributed by atoms with van der Waals surface area (Å²) in [6, 6.07) is 7.41. The van der Waals surface area contributed by atoms with Crippen molar-refractivity contribution in [1.82, 2.24) is 9.80 Å². The van der Waals surface area contributed by atoms with Crippen molar-refractivity contribution >= 4 is 29.5 Å². The second kappa shape index (κ2) is 14.4. The number of aromatic hydroxyl groups is 1. The molecule has 4 bridgehead atoms. The highest BCUT2D eigenvalue weighted by Crippen LogP contribution is 2.68. The summed E-state index contributed by atoms with van der Waals surface area (Å²) in [5.74, 6) is 2.12. The molecule has 14 rings (SSSR count). The van der Waals surface area contributed by atoms with E-state index in [1.54, 1.807) is 13.0 Å². The molecule has 7 fully saturated rings. The lowest BCUT2D eigenvalue weighted by Gasteiger charge is -2.62. The monoisotopic (exact) mass is 890 g/mol. The van der Waals surface area contributed by atoms with Gasteiger partial charge in [0.1, 0.15) is 17.1 Å². The van der Waals surface area contributed by atoms with Crippen LogP contribution in [0.15, 0.2) is 36.1 Å². The predicted octanol–water partition coefficient (Wildman–Crippen LogP) is 4.92. The highest BCUT2D eigenvalue weighted by atomic mass is 16.6. The van der Waals surface area contributed by atoms with Gasteiger partial charge >= 0.3 is 17.9 Å². The number of esters is 3. The lowest BCUT2D eigenvalue weighted by molar-refractivity contribution is -0.207. The molecule has 0 amide bonds. The summed E-state index contributed by atoms with van der Waals surface area (Å²) in [4.78, 5) is 66.0. The third-order valence-corrected chi connectivity index (χ3v) is 17.4. The minimum Gasteiger partial charge on any atom is -0.504 e. The van der Waals surface area contributed by atoms with Crippen LogP contribution in [0.25, 0.3) is 0 Å². The molecular weight excluding hydrogens is 833 g/mol. The SMILES string of the molecule is CC(=O)C1CC1.CN1CC[C@]23c4c5ccc(O)c4O[C@H]2C(=O)CC[C@@]3(O)[C@H]1C5.CN1CC[C@]23c4c5ccc(OC(=O)C6CC6)c4O[C@H]2C(OC(=O)C2CC2)=CC[C@@]3(OC(=O)C2CC2)[C@H]1C5. The molecule has 2 saturated heterocycles. The second-order valence-electron chi connectivity index (χ2n) is 21.3. The number of rotatable bonds is 7. The number of phenols is 1. The Kier molecular flexibility index (Phi) is 9.19. The molecule has 65 heavy (non-hydrogen) atoms. The van der Waals surface area contributed by atoms with Crippen LogP contribution in [0, 0.1) is 23.7 Å². The molecule has 14 heteroatoms. The van der Waals surface area contributed by atoms with Crippen molar-refractivity contribution in [2.75, 3.05) is 27.2 Å². The van der Waals surface area contributed by atoms with Crippen LogP contribution >= 0.6 is 0 Å². The van der Waals surface area contributed by atoms with Crippen LogP contribution in [0.2, 0.25) is 0 Å². The van der Waals surface area contributed by atoms with Gasteiger partial charge in [0, 0.05) is 35.9 Å². The fraction of sp³-hybridized carbons (Fsp3) is 0.627. The fourth-order valence-electron chi connectivity index (χ4n) is 13.3. The number of benzene rings is 2. The van der Waals surface area contributed by atoms with Crippen LogP contribution in [0.1, 0.15) is 113 Å². The number of ether oxygens (including phenoxy) is 5. The van der Waals surface area contributed by atoms with Crippen LogP contribution in [0.4, 0.5) is 0 Å². The van der Waals surface area contributed by atoms with Crippen molar-refractivity contribution in [2.24, 2.45) is 23.7 Å². The van der Waals surface area contributed by atoms with Crippen molar-refractivity contribution in [3.05, 3.63) is 58.4 Å². The van der Waals surface area contributed by atoms with Gasteiger partial charge in [0.05, 0.1) is 40.2 Å². The normalized spacial score (nSPS) is 36.1. The Hall–Kier alpha value is -4.79. The molecular formula is C51H58N2O12. The zero-order valence-electron chi connectivity index (χ0n) is 37.4. The number of piperidine rings is 2. The first-order chi connectivity index (χ1) is 31.2. The number of aliphatic hydroxyl groups is 1. The number of hydrogen-bond acceptors (Lipinski definition) is 14. The van der Waals surface area contributed by atoms with E-state index in [0.29, 0.717) is 73.2 Å². The van der Waals surface area contributed by atoms with Crippen molar-refractivity contribution in [3.8, 4) is 23.0 Å². The molecule has 14 nitrogen and oxygen atoms in total. The maximum absolute atomic E-state index is 13.3. The molecule has 4 heterocycles. The Morgan fingerprint density at radius 3 is 1.91 bits per heavy atom. The molecule has 344 valence electrons. The molecule has 2 N–H and O–H groups in total. The van der Waals surface area contributed by atoms with Crippen molar-refractivity contribution in [3.63, 3.8) is 0 Å². The van der Waals surface area contributed by atoms with Gasteiger partial charge < -0.3 is 38.8 Å². The predicted molar refractivity (Wildman–Crippen MR) is 230 cm³/mol. The van der Waals surface area contributed by atoms with Crippen LogP contribution in [-0.4, -0.2) is 112 Å². The van der Waals surface area contributed by atoms with E-state index < -0.39 is 34.2 Å². The number of ketones is 2. The summed E-state index contributed by atoms with van der Waals surface area (Å²) in [5, 5.41) is 21.8. The third-order valence-electron chi connectivity index (χ3n) is 17.4. The Labute approximate surface area is 377 Å². The summed E-state index contributed by atoms with van der Waals surface area (Å²) in [7, 11) is 4.14. The van der Waals surface area contributed by atoms with Gasteiger partial charge in [0.15, 0.2) is 41.0 Å². The molecule has 0 aromatic heterocycles. The molecule has 8 aliphatic carbocycles. The van der Waals surface area contributed by atoms with Gasteiger partial charge in [-0.15, -0.1) is 0 Å². The smallest absolute Gasteiger partial charge is 0.314 e. The molecule has 0 unspecified atom stereocenters. The van der Waals surface area contributed by atoms with Gasteiger partial charge in [0.25, 0.3) is 0 Å². The summed E-state index contributed by atoms with van der Waals surface area (Å²) in [6.45, 7) is 3.29. The topological polar surface area (TPSA) is 178 Å². The number of hydrogen-bond donors (Lipinski definition) is 2. The molecule has 8 atom stereocenters. The van der Waals surface area contributed by atoms with Gasteiger partial charge in [-0.05, 0) is 147 Å². The quantitative estimate of drug-likeness (QED) is 0.283. The van der Waals surface area contributed by atoms with E-state index in [9.17, 15) is 34.2 Å². The number of likely N-dealkylation sites (N-methyl/N-ethyl adjacent to an activating group) is 2. The van der Waals surface area contributed by atoms with Crippen molar-refractivity contribution in [1.29, 1.82) is 0 Å². The fourth-order valence-corrected chi connectivity index (χ4v) is 13.3. The number of likely N-dealkylation sites (tertiary alicyclic amines) is 2. The van der Waals surface area contributed by atoms with E-state index in [1.807, 2.05) is 31.3 Å². The Morgan fingerprint density at radius 2 is 1.26 bits per heavy atom. The summed E-state index contributed by atoms with van der Waals surface area (Å²) >= 11 is 0. The maximum atomic E-state index is 13.3. The van der Waals surface area contributed by atoms with Crippen molar-refractivity contribution < 1.29 is 57.9 Å². The first kappa shape index (κ1) is 41.6. The van der Waals surface area contributed by atoms with Crippen molar-refractivity contribution in [2.45, 2.75) is 150 Å². The van der Waals surface area contributed by atoms with Crippen LogP contribution in [-0.2, 0) is 57.1 Å². The Balaban J connectivity index is 0.000000133. The van der Waals surface area contributed by atoms with Crippen LogP contribution in [0.5, 0.6) is 23.0 Å². The second-order valence-corrected chi connectivity index (χ2v) is 21.3. The average molecular weight is 891 g/mol. The van der Waals surface area contributed by atoms with Crippen LogP contribution < -0.4 is 14.2 Å². The average Bonchev–Trinajstić information content (AvgIpc) is 4.06. The lowest BCUT2D eigenvalue weighted by atomic mass is 9.49. The molecule has 2 spiro atoms. The number of nitrogens with zero attached hydrogens (tertiary/aromatic N) is 2. The van der Waals surface area contributed by atoms with E-state index in [-0.39, 0.29) is 59.3 Å². The summed E-state index contributed by atoms with van der Waals surface area (Å²) < 4.78 is 31.2. The van der Waals surface area contributed by atoms with Gasteiger partial charge in [0.2, 0.25) is 0 Å². The lowest BCUT2D eigenvalue weighted by Crippen LogP contribution is -2.76. The Morgan fingerprint density at radius 1 is 0.692 bits per heavy atom. The summed E-state index contributed by atoms with van der Waals surface area (Å²) in [5.41, 5.74) is 0.896. The third kappa shape index (κ3) is 5.97. The summed E-state index contributed by atoms with van der Waals surface area (Å²) in [6.07, 6.45) is 12.2. The number of Topliss-reactive ketones (excluding diaryl/α,β-unsaturated/α-hetero) is 2. The van der Waals surface area contributed by atoms with E-state index in [4.69, 9.17) is 23.7 Å². The number of carbonyl (C=O) groups excluding carboxylic acids is 5. The molecule has 0 radical (unpaired) electrons. The molecule has 12 aliphatic rings. The molecule has 5 saturated carbocycles. The van der Waals surface area contributed by atoms with Crippen LogP contribution in [0.3, 0.4) is 0 Å². The van der Waals surface area contributed by atoms with Gasteiger partial charge in [-0.1, -0.05) is 12.1 Å². The molecule has 2 aromatic carbocycles. The Bertz CT molecular complexity index is 2490.